The summed E-state index contributed by atoms with van der Waals surface area (Å²) < 4.78 is 1.22. The molecule has 0 unspecified atom stereocenters. The first-order valence-electron chi connectivity index (χ1n) is 5.61. The van der Waals surface area contributed by atoms with Crippen molar-refractivity contribution in [2.45, 2.75) is 46.6 Å². The van der Waals surface area contributed by atoms with E-state index in [2.05, 4.69) is 61.1 Å². The number of anilines is 1. The third-order valence-corrected chi connectivity index (χ3v) is 4.04. The van der Waals surface area contributed by atoms with Crippen molar-refractivity contribution in [3.8, 4) is 0 Å². The van der Waals surface area contributed by atoms with E-state index in [1.165, 1.54) is 34.1 Å². The summed E-state index contributed by atoms with van der Waals surface area (Å²) >= 11 is 3.59. The molecule has 0 spiro atoms. The van der Waals surface area contributed by atoms with Crippen LogP contribution in [0.4, 0.5) is 5.69 Å². The number of aryl methyl sites for hydroxylation is 2. The molecule has 0 saturated carbocycles. The zero-order chi connectivity index (χ0) is 11.4. The van der Waals surface area contributed by atoms with Crippen molar-refractivity contribution in [3.05, 3.63) is 27.7 Å². The van der Waals surface area contributed by atoms with E-state index in [1.54, 1.807) is 0 Å². The zero-order valence-corrected chi connectivity index (χ0v) is 11.6. The molecule has 0 amide bonds. The third kappa shape index (κ3) is 3.23. The molecule has 0 radical (unpaired) electrons. The van der Waals surface area contributed by atoms with Gasteiger partial charge in [0.2, 0.25) is 0 Å². The summed E-state index contributed by atoms with van der Waals surface area (Å²) in [6.45, 7) is 8.71. The highest BCUT2D eigenvalue weighted by atomic mass is 79.9. The Morgan fingerprint density at radius 1 is 1.13 bits per heavy atom. The van der Waals surface area contributed by atoms with Gasteiger partial charge < -0.3 is 5.32 Å². The quantitative estimate of drug-likeness (QED) is 0.838. The Morgan fingerprint density at radius 2 is 1.60 bits per heavy atom. The van der Waals surface area contributed by atoms with Crippen LogP contribution in [0.3, 0.4) is 0 Å². The Hall–Kier alpha value is -0.500. The van der Waals surface area contributed by atoms with E-state index >= 15 is 0 Å². The number of hydrogen-bond acceptors (Lipinski definition) is 1. The minimum absolute atomic E-state index is 0.588. The molecule has 1 aromatic carbocycles. The molecule has 0 aliphatic rings. The fourth-order valence-electron chi connectivity index (χ4n) is 1.76. The zero-order valence-electron chi connectivity index (χ0n) is 10.0. The van der Waals surface area contributed by atoms with Crippen LogP contribution >= 0.6 is 15.9 Å². The van der Waals surface area contributed by atoms with Crippen molar-refractivity contribution in [1.82, 2.24) is 0 Å². The lowest BCUT2D eigenvalue weighted by atomic mass is 10.1. The van der Waals surface area contributed by atoms with Crippen LogP contribution in [0.2, 0.25) is 0 Å². The molecule has 0 heterocycles. The van der Waals surface area contributed by atoms with Gasteiger partial charge in [0.25, 0.3) is 0 Å². The average molecular weight is 270 g/mol. The van der Waals surface area contributed by atoms with Gasteiger partial charge in [-0.15, -0.1) is 0 Å². The smallest absolute Gasteiger partial charge is 0.0348 e. The summed E-state index contributed by atoms with van der Waals surface area (Å²) in [5, 5.41) is 3.57. The molecule has 0 fully saturated rings. The monoisotopic (exact) mass is 269 g/mol. The number of benzene rings is 1. The highest BCUT2D eigenvalue weighted by molar-refractivity contribution is 9.10. The Balaban J connectivity index is 2.87. The Morgan fingerprint density at radius 3 is 2.00 bits per heavy atom. The first-order chi connectivity index (χ1) is 7.08. The highest BCUT2D eigenvalue weighted by Gasteiger charge is 2.06. The second kappa shape index (κ2) is 5.55. The van der Waals surface area contributed by atoms with Gasteiger partial charge in [0.15, 0.2) is 0 Å². The van der Waals surface area contributed by atoms with Crippen LogP contribution < -0.4 is 5.32 Å². The van der Waals surface area contributed by atoms with Crippen LogP contribution in [-0.4, -0.2) is 6.04 Å². The summed E-state index contributed by atoms with van der Waals surface area (Å²) in [5.41, 5.74) is 3.83. The van der Waals surface area contributed by atoms with Gasteiger partial charge in [-0.1, -0.05) is 29.8 Å². The largest absolute Gasteiger partial charge is 0.382 e. The molecule has 0 aromatic heterocycles. The second-order valence-corrected chi connectivity index (χ2v) is 4.87. The molecular formula is C13H20BrN. The van der Waals surface area contributed by atoms with Crippen molar-refractivity contribution in [3.63, 3.8) is 0 Å². The molecule has 1 nitrogen and oxygen atoms in total. The molecule has 1 aromatic rings. The summed E-state index contributed by atoms with van der Waals surface area (Å²) in [5.74, 6) is 0. The number of rotatable bonds is 4. The predicted octanol–water partition coefficient (Wildman–Crippen LogP) is 4.67. The van der Waals surface area contributed by atoms with Crippen LogP contribution in [0.5, 0.6) is 0 Å². The molecule has 1 N–H and O–H groups in total. The maximum atomic E-state index is 3.59. The molecule has 0 atom stereocenters. The van der Waals surface area contributed by atoms with Crippen LogP contribution in [0.1, 0.15) is 37.8 Å². The summed E-state index contributed by atoms with van der Waals surface area (Å²) in [6.07, 6.45) is 2.34. The van der Waals surface area contributed by atoms with Crippen molar-refractivity contribution >= 4 is 21.6 Å². The fraction of sp³-hybridized carbons (Fsp3) is 0.538. The van der Waals surface area contributed by atoms with Crippen molar-refractivity contribution in [2.75, 3.05) is 5.32 Å². The SMILES string of the molecule is CCC(CC)Nc1cc(C)c(Br)c(C)c1. The highest BCUT2D eigenvalue weighted by Crippen LogP contribution is 2.25. The van der Waals surface area contributed by atoms with Gasteiger partial charge in [-0.05, 0) is 49.9 Å². The predicted molar refractivity (Wildman–Crippen MR) is 71.6 cm³/mol. The molecule has 0 aliphatic heterocycles. The summed E-state index contributed by atoms with van der Waals surface area (Å²) in [6, 6.07) is 5.00. The Kier molecular flexibility index (Phi) is 4.65. The van der Waals surface area contributed by atoms with E-state index < -0.39 is 0 Å². The molecule has 15 heavy (non-hydrogen) atoms. The maximum absolute atomic E-state index is 3.59. The maximum Gasteiger partial charge on any atom is 0.0348 e. The Bertz CT molecular complexity index is 306. The normalized spacial score (nSPS) is 10.8. The lowest BCUT2D eigenvalue weighted by Gasteiger charge is -2.17. The van der Waals surface area contributed by atoms with E-state index in [0.29, 0.717) is 6.04 Å². The lowest BCUT2D eigenvalue weighted by Crippen LogP contribution is -2.17. The molecule has 0 saturated heterocycles. The van der Waals surface area contributed by atoms with Gasteiger partial charge in [-0.25, -0.2) is 0 Å². The van der Waals surface area contributed by atoms with E-state index in [-0.39, 0.29) is 0 Å². The second-order valence-electron chi connectivity index (χ2n) is 4.08. The minimum atomic E-state index is 0.588. The number of halogens is 1. The van der Waals surface area contributed by atoms with Gasteiger partial charge in [0.1, 0.15) is 0 Å². The number of nitrogens with one attached hydrogen (secondary N) is 1. The topological polar surface area (TPSA) is 12.0 Å². The molecule has 1 rings (SSSR count). The Labute approximate surface area is 101 Å². The first-order valence-corrected chi connectivity index (χ1v) is 6.41. The van der Waals surface area contributed by atoms with Crippen LogP contribution in [0, 0.1) is 13.8 Å². The van der Waals surface area contributed by atoms with Crippen molar-refractivity contribution in [1.29, 1.82) is 0 Å². The lowest BCUT2D eigenvalue weighted by molar-refractivity contribution is 0.671. The van der Waals surface area contributed by atoms with E-state index in [0.717, 1.165) is 0 Å². The molecule has 0 aliphatic carbocycles. The van der Waals surface area contributed by atoms with Crippen LogP contribution in [0.25, 0.3) is 0 Å². The van der Waals surface area contributed by atoms with Gasteiger partial charge in [0, 0.05) is 16.2 Å². The van der Waals surface area contributed by atoms with E-state index in [1.807, 2.05) is 0 Å². The summed E-state index contributed by atoms with van der Waals surface area (Å²) in [4.78, 5) is 0. The number of hydrogen-bond donors (Lipinski definition) is 1. The molecule has 0 bridgehead atoms. The van der Waals surface area contributed by atoms with Gasteiger partial charge >= 0.3 is 0 Å². The fourth-order valence-corrected chi connectivity index (χ4v) is 1.99. The molecule has 2 heteroatoms. The van der Waals surface area contributed by atoms with E-state index in [4.69, 9.17) is 0 Å². The summed E-state index contributed by atoms with van der Waals surface area (Å²) in [7, 11) is 0. The van der Waals surface area contributed by atoms with Crippen LogP contribution in [-0.2, 0) is 0 Å². The molecule has 84 valence electrons. The van der Waals surface area contributed by atoms with Crippen molar-refractivity contribution in [2.24, 2.45) is 0 Å². The van der Waals surface area contributed by atoms with Crippen molar-refractivity contribution < 1.29 is 0 Å². The average Bonchev–Trinajstić information content (AvgIpc) is 2.22. The standard InChI is InChI=1S/C13H20BrN/c1-5-11(6-2)15-12-7-9(3)13(14)10(4)8-12/h7-8,11,15H,5-6H2,1-4H3. The van der Waals surface area contributed by atoms with Crippen LogP contribution in [0.15, 0.2) is 16.6 Å². The van der Waals surface area contributed by atoms with Gasteiger partial charge in [-0.2, -0.15) is 0 Å². The van der Waals surface area contributed by atoms with E-state index in [9.17, 15) is 0 Å². The molecular weight excluding hydrogens is 250 g/mol. The third-order valence-electron chi connectivity index (χ3n) is 2.79. The minimum Gasteiger partial charge on any atom is -0.382 e. The van der Waals surface area contributed by atoms with Gasteiger partial charge in [0.05, 0.1) is 0 Å². The van der Waals surface area contributed by atoms with Gasteiger partial charge in [-0.3, -0.25) is 0 Å². The first kappa shape index (κ1) is 12.6.